The first kappa shape index (κ1) is 18.7. The molecular formula is C20H24N4O3. The number of nitrogens with one attached hydrogen (secondary N) is 1. The molecule has 7 heteroatoms. The second kappa shape index (κ2) is 7.65. The van der Waals surface area contributed by atoms with Gasteiger partial charge in [-0.2, -0.15) is 5.10 Å². The lowest BCUT2D eigenvalue weighted by molar-refractivity contribution is -0.137. The zero-order valence-electron chi connectivity index (χ0n) is 15.8. The molecule has 142 valence electrons. The van der Waals surface area contributed by atoms with Gasteiger partial charge in [0.05, 0.1) is 17.8 Å². The number of aromatic nitrogens is 3. The molecule has 0 unspecified atom stereocenters. The van der Waals surface area contributed by atoms with Gasteiger partial charge in [0.2, 0.25) is 0 Å². The molecule has 2 N–H and O–H groups in total. The van der Waals surface area contributed by atoms with Crippen LogP contribution in [0.2, 0.25) is 0 Å². The number of carbonyl (C=O) groups is 2. The largest absolute Gasteiger partial charge is 0.480 e. The third kappa shape index (κ3) is 3.72. The Bertz CT molecular complexity index is 982. The summed E-state index contributed by atoms with van der Waals surface area (Å²) in [4.78, 5) is 23.6. The highest BCUT2D eigenvalue weighted by molar-refractivity contribution is 6.05. The lowest BCUT2D eigenvalue weighted by Crippen LogP contribution is -2.15. The van der Waals surface area contributed by atoms with Crippen LogP contribution in [0.3, 0.4) is 0 Å². The maximum absolute atomic E-state index is 12.7. The molecule has 0 aliphatic rings. The number of benzene rings is 1. The molecule has 3 rings (SSSR count). The van der Waals surface area contributed by atoms with E-state index < -0.39 is 5.97 Å². The molecule has 0 aliphatic carbocycles. The molecule has 2 aromatic heterocycles. The molecule has 0 spiro atoms. The van der Waals surface area contributed by atoms with Gasteiger partial charge >= 0.3 is 5.97 Å². The highest BCUT2D eigenvalue weighted by atomic mass is 16.4. The quantitative estimate of drug-likeness (QED) is 0.663. The van der Waals surface area contributed by atoms with Gasteiger partial charge in [0.25, 0.3) is 5.91 Å². The Kier molecular flexibility index (Phi) is 5.30. The van der Waals surface area contributed by atoms with E-state index in [4.69, 9.17) is 5.11 Å². The van der Waals surface area contributed by atoms with Crippen LogP contribution < -0.4 is 5.32 Å². The predicted molar refractivity (Wildman–Crippen MR) is 104 cm³/mol. The summed E-state index contributed by atoms with van der Waals surface area (Å²) in [6, 6.07) is 7.56. The van der Waals surface area contributed by atoms with E-state index in [0.29, 0.717) is 11.3 Å². The molecule has 0 atom stereocenters. The minimum absolute atomic E-state index is 0.0936. The van der Waals surface area contributed by atoms with Crippen molar-refractivity contribution in [2.75, 3.05) is 5.32 Å². The highest BCUT2D eigenvalue weighted by Gasteiger charge is 2.18. The molecule has 1 aromatic carbocycles. The topological polar surface area (TPSA) is 89.2 Å². The molecule has 3 aromatic rings. The Hall–Kier alpha value is -3.09. The van der Waals surface area contributed by atoms with Crippen molar-refractivity contribution in [2.24, 2.45) is 0 Å². The Morgan fingerprint density at radius 1 is 1.22 bits per heavy atom. The average molecular weight is 368 g/mol. The average Bonchev–Trinajstić information content (AvgIpc) is 3.20. The molecule has 0 aliphatic heterocycles. The van der Waals surface area contributed by atoms with E-state index >= 15 is 0 Å². The van der Waals surface area contributed by atoms with Gasteiger partial charge < -0.3 is 15.0 Å². The number of carboxylic acid groups (broad SMARTS) is 1. The summed E-state index contributed by atoms with van der Waals surface area (Å²) in [7, 11) is 0. The first-order valence-corrected chi connectivity index (χ1v) is 9.10. The molecule has 1 amide bonds. The van der Waals surface area contributed by atoms with Crippen LogP contribution in [0.1, 0.15) is 48.8 Å². The molecule has 27 heavy (non-hydrogen) atoms. The Morgan fingerprint density at radius 3 is 2.63 bits per heavy atom. The van der Waals surface area contributed by atoms with Gasteiger partial charge in [0.15, 0.2) is 0 Å². The van der Waals surface area contributed by atoms with E-state index in [1.165, 1.54) is 0 Å². The number of amides is 1. The fourth-order valence-corrected chi connectivity index (χ4v) is 3.41. The van der Waals surface area contributed by atoms with Crippen LogP contribution >= 0.6 is 0 Å². The van der Waals surface area contributed by atoms with Crippen molar-refractivity contribution in [3.63, 3.8) is 0 Å². The summed E-state index contributed by atoms with van der Waals surface area (Å²) in [6.45, 7) is 6.04. The van der Waals surface area contributed by atoms with Crippen LogP contribution in [0, 0.1) is 6.92 Å². The molecule has 0 saturated carbocycles. The number of rotatable bonds is 7. The fourth-order valence-electron chi connectivity index (χ4n) is 3.41. The van der Waals surface area contributed by atoms with Crippen LogP contribution in [-0.4, -0.2) is 31.3 Å². The number of hydrogen-bond acceptors (Lipinski definition) is 3. The van der Waals surface area contributed by atoms with E-state index in [2.05, 4.69) is 24.3 Å². The van der Waals surface area contributed by atoms with Crippen molar-refractivity contribution in [1.82, 2.24) is 14.3 Å². The van der Waals surface area contributed by atoms with E-state index in [1.807, 2.05) is 29.8 Å². The smallest absolute Gasteiger partial charge is 0.323 e. The molecule has 0 radical (unpaired) electrons. The van der Waals surface area contributed by atoms with Crippen molar-refractivity contribution in [3.05, 3.63) is 47.9 Å². The molecular weight excluding hydrogens is 344 g/mol. The van der Waals surface area contributed by atoms with Crippen molar-refractivity contribution >= 4 is 28.5 Å². The van der Waals surface area contributed by atoms with Crippen LogP contribution in [0.5, 0.6) is 0 Å². The number of anilines is 1. The molecule has 0 bridgehead atoms. The highest BCUT2D eigenvalue weighted by Crippen LogP contribution is 2.23. The van der Waals surface area contributed by atoms with Gasteiger partial charge in [-0.05, 0) is 44.0 Å². The first-order valence-electron chi connectivity index (χ1n) is 9.10. The van der Waals surface area contributed by atoms with Gasteiger partial charge in [-0.1, -0.05) is 13.8 Å². The summed E-state index contributed by atoms with van der Waals surface area (Å²) >= 11 is 0. The zero-order chi connectivity index (χ0) is 19.6. The number of carboxylic acids is 1. The monoisotopic (exact) mass is 368 g/mol. The van der Waals surface area contributed by atoms with Gasteiger partial charge in [-0.15, -0.1) is 0 Å². The van der Waals surface area contributed by atoms with E-state index in [-0.39, 0.29) is 18.5 Å². The third-order valence-electron chi connectivity index (χ3n) is 4.91. The number of aliphatic carboxylic acids is 1. The van der Waals surface area contributed by atoms with Crippen molar-refractivity contribution in [2.45, 2.75) is 46.2 Å². The zero-order valence-corrected chi connectivity index (χ0v) is 15.8. The minimum atomic E-state index is -0.894. The van der Waals surface area contributed by atoms with Gasteiger partial charge in [0.1, 0.15) is 6.54 Å². The minimum Gasteiger partial charge on any atom is -0.480 e. The van der Waals surface area contributed by atoms with Crippen LogP contribution in [0.25, 0.3) is 10.9 Å². The maximum Gasteiger partial charge on any atom is 0.323 e. The number of carbonyl (C=O) groups excluding carboxylic acids is 1. The van der Waals surface area contributed by atoms with Crippen molar-refractivity contribution in [1.29, 1.82) is 0 Å². The van der Waals surface area contributed by atoms with E-state index in [9.17, 15) is 9.59 Å². The Balaban J connectivity index is 1.81. The summed E-state index contributed by atoms with van der Waals surface area (Å²) < 4.78 is 3.58. The first-order chi connectivity index (χ1) is 12.9. The SMILES string of the molecule is CCC(CC)n1ncc(C(=O)Nc2ccc3c(ccn3CC(=O)O)c2)c1C. The molecule has 0 fully saturated rings. The Morgan fingerprint density at radius 2 is 1.96 bits per heavy atom. The molecule has 7 nitrogen and oxygen atoms in total. The second-order valence-electron chi connectivity index (χ2n) is 6.62. The fraction of sp³-hybridized carbons (Fsp3) is 0.350. The maximum atomic E-state index is 12.7. The Labute approximate surface area is 157 Å². The molecule has 2 heterocycles. The normalized spacial score (nSPS) is 11.3. The summed E-state index contributed by atoms with van der Waals surface area (Å²) in [6.07, 6.45) is 5.27. The lowest BCUT2D eigenvalue weighted by Gasteiger charge is -2.15. The van der Waals surface area contributed by atoms with Crippen molar-refractivity contribution in [3.8, 4) is 0 Å². The van der Waals surface area contributed by atoms with Crippen LogP contribution in [-0.2, 0) is 11.3 Å². The predicted octanol–water partition coefficient (Wildman–Crippen LogP) is 3.84. The van der Waals surface area contributed by atoms with E-state index in [0.717, 1.165) is 29.4 Å². The molecule has 0 saturated heterocycles. The number of nitrogens with zero attached hydrogens (tertiary/aromatic N) is 3. The van der Waals surface area contributed by atoms with E-state index in [1.54, 1.807) is 23.0 Å². The third-order valence-corrected chi connectivity index (χ3v) is 4.91. The van der Waals surface area contributed by atoms with Gasteiger partial charge in [-0.3, -0.25) is 14.3 Å². The number of hydrogen-bond donors (Lipinski definition) is 2. The standard InChI is InChI=1S/C20H24N4O3/c1-4-16(5-2)24-13(3)17(11-21-24)20(27)22-15-6-7-18-14(10-15)8-9-23(18)12-19(25)26/h6-11,16H,4-5,12H2,1-3H3,(H,22,27)(H,25,26). The van der Waals surface area contributed by atoms with Gasteiger partial charge in [0, 0.05) is 28.5 Å². The van der Waals surface area contributed by atoms with Gasteiger partial charge in [-0.25, -0.2) is 0 Å². The lowest BCUT2D eigenvalue weighted by atomic mass is 10.1. The summed E-state index contributed by atoms with van der Waals surface area (Å²) in [5.41, 5.74) is 2.89. The number of fused-ring (bicyclic) bond motifs is 1. The summed E-state index contributed by atoms with van der Waals surface area (Å²) in [5.74, 6) is -1.09. The van der Waals surface area contributed by atoms with Crippen LogP contribution in [0.15, 0.2) is 36.7 Å². The van der Waals surface area contributed by atoms with Crippen LogP contribution in [0.4, 0.5) is 5.69 Å². The van der Waals surface area contributed by atoms with Crippen molar-refractivity contribution < 1.29 is 14.7 Å². The summed E-state index contributed by atoms with van der Waals surface area (Å²) in [5, 5.41) is 17.1. The second-order valence-corrected chi connectivity index (χ2v) is 6.62.